The van der Waals surface area contributed by atoms with Gasteiger partial charge in [0.05, 0.1) is 12.1 Å². The molecule has 0 aromatic carbocycles. The summed E-state index contributed by atoms with van der Waals surface area (Å²) in [7, 11) is 1.77. The third kappa shape index (κ3) is 3.19. The van der Waals surface area contributed by atoms with Gasteiger partial charge in [-0.05, 0) is 39.9 Å². The van der Waals surface area contributed by atoms with Crippen LogP contribution in [0.2, 0.25) is 0 Å². The molecule has 1 aromatic rings. The Bertz CT molecular complexity index is 826. The van der Waals surface area contributed by atoms with Crippen molar-refractivity contribution in [3.05, 3.63) is 11.8 Å². The number of carbonyl (C=O) groups excluding carboxylic acids is 2. The standard InChI is InChI=1S/C19H27N5O3S/c1-18(2,3)27-17(26)23-7-6-19(8-13(19)11-23)24-10-12-9-20-15(28-5)21-14(12)22(4)16(24)25/h9,13H,6-8,10-11H2,1-5H3. The topological polar surface area (TPSA) is 78.9 Å². The average Bonchev–Trinajstić information content (AvgIpc) is 3.37. The fourth-order valence-corrected chi connectivity index (χ4v) is 4.63. The SMILES string of the molecule is CSc1ncc2c(n1)N(C)C(=O)N(C13CCN(C(=O)OC(C)(C)C)CC1C3)C2. The molecule has 0 bridgehead atoms. The van der Waals surface area contributed by atoms with Crippen LogP contribution in [-0.2, 0) is 11.3 Å². The van der Waals surface area contributed by atoms with E-state index in [1.807, 2.05) is 38.1 Å². The summed E-state index contributed by atoms with van der Waals surface area (Å²) in [5.74, 6) is 0.986. The van der Waals surface area contributed by atoms with E-state index >= 15 is 0 Å². The van der Waals surface area contributed by atoms with Crippen molar-refractivity contribution in [2.45, 2.75) is 56.5 Å². The van der Waals surface area contributed by atoms with Gasteiger partial charge in [0.15, 0.2) is 5.16 Å². The van der Waals surface area contributed by atoms with E-state index in [1.165, 1.54) is 11.8 Å². The Morgan fingerprint density at radius 2 is 2.14 bits per heavy atom. The summed E-state index contributed by atoms with van der Waals surface area (Å²) in [5, 5.41) is 0.667. The third-order valence-corrected chi connectivity index (χ3v) is 6.37. The van der Waals surface area contributed by atoms with Crippen LogP contribution >= 0.6 is 11.8 Å². The van der Waals surface area contributed by atoms with Gasteiger partial charge in [-0.15, -0.1) is 0 Å². The maximum absolute atomic E-state index is 13.1. The maximum Gasteiger partial charge on any atom is 0.410 e. The highest BCUT2D eigenvalue weighted by molar-refractivity contribution is 7.98. The zero-order valence-electron chi connectivity index (χ0n) is 17.1. The van der Waals surface area contributed by atoms with Crippen molar-refractivity contribution in [2.24, 2.45) is 5.92 Å². The Balaban J connectivity index is 1.49. The summed E-state index contributed by atoms with van der Waals surface area (Å²) in [5.41, 5.74) is 0.300. The van der Waals surface area contributed by atoms with Crippen molar-refractivity contribution < 1.29 is 14.3 Å². The van der Waals surface area contributed by atoms with Gasteiger partial charge >= 0.3 is 12.1 Å². The van der Waals surface area contributed by atoms with Crippen LogP contribution in [0.4, 0.5) is 15.4 Å². The quantitative estimate of drug-likeness (QED) is 0.556. The van der Waals surface area contributed by atoms with Crippen LogP contribution in [0.3, 0.4) is 0 Å². The smallest absolute Gasteiger partial charge is 0.410 e. The number of ether oxygens (including phenoxy) is 1. The lowest BCUT2D eigenvalue weighted by atomic mass is 10.0. The molecule has 2 fully saturated rings. The monoisotopic (exact) mass is 405 g/mol. The molecule has 1 aliphatic carbocycles. The van der Waals surface area contributed by atoms with Gasteiger partial charge in [0.25, 0.3) is 0 Å². The number of hydrogen-bond acceptors (Lipinski definition) is 6. The summed E-state index contributed by atoms with van der Waals surface area (Å²) < 4.78 is 5.51. The van der Waals surface area contributed by atoms with Gasteiger partial charge in [-0.1, -0.05) is 11.8 Å². The molecule has 28 heavy (non-hydrogen) atoms. The molecule has 0 radical (unpaired) electrons. The fraction of sp³-hybridized carbons (Fsp3) is 0.684. The number of carbonyl (C=O) groups is 2. The first kappa shape index (κ1) is 19.3. The molecule has 3 amide bonds. The lowest BCUT2D eigenvalue weighted by Gasteiger charge is -2.43. The van der Waals surface area contributed by atoms with Crippen LogP contribution in [0.15, 0.2) is 11.4 Å². The van der Waals surface area contributed by atoms with Crippen LogP contribution in [0.25, 0.3) is 0 Å². The number of aromatic nitrogens is 2. The van der Waals surface area contributed by atoms with E-state index in [4.69, 9.17) is 4.74 Å². The Morgan fingerprint density at radius 1 is 1.39 bits per heavy atom. The Hall–Kier alpha value is -2.03. The van der Waals surface area contributed by atoms with E-state index in [0.29, 0.717) is 36.5 Å². The molecule has 3 aliphatic rings. The minimum absolute atomic E-state index is 0.0218. The number of anilines is 1. The molecule has 0 spiro atoms. The van der Waals surface area contributed by atoms with Gasteiger partial charge in [0.1, 0.15) is 11.4 Å². The zero-order chi connectivity index (χ0) is 20.3. The normalized spacial score (nSPS) is 26.7. The largest absolute Gasteiger partial charge is 0.444 e. The minimum atomic E-state index is -0.500. The molecule has 1 aromatic heterocycles. The van der Waals surface area contributed by atoms with Gasteiger partial charge in [0, 0.05) is 37.8 Å². The van der Waals surface area contributed by atoms with Gasteiger partial charge in [-0.25, -0.2) is 19.6 Å². The summed E-state index contributed by atoms with van der Waals surface area (Å²) in [6, 6.07) is -0.0218. The van der Waals surface area contributed by atoms with Crippen molar-refractivity contribution in [3.63, 3.8) is 0 Å². The molecule has 4 rings (SSSR count). The number of amides is 3. The fourth-order valence-electron chi connectivity index (χ4n) is 4.29. The Morgan fingerprint density at radius 3 is 2.79 bits per heavy atom. The van der Waals surface area contributed by atoms with Gasteiger partial charge in [-0.2, -0.15) is 0 Å². The Labute approximate surface area is 169 Å². The molecule has 1 saturated carbocycles. The van der Waals surface area contributed by atoms with Gasteiger partial charge in [0.2, 0.25) is 0 Å². The molecule has 8 nitrogen and oxygen atoms in total. The first-order valence-electron chi connectivity index (χ1n) is 9.58. The van der Waals surface area contributed by atoms with E-state index < -0.39 is 5.60 Å². The maximum atomic E-state index is 13.1. The van der Waals surface area contributed by atoms with Gasteiger partial charge in [-0.3, -0.25) is 4.90 Å². The molecule has 152 valence electrons. The van der Waals surface area contributed by atoms with Crippen LogP contribution in [0.1, 0.15) is 39.2 Å². The van der Waals surface area contributed by atoms with Crippen molar-refractivity contribution in [1.29, 1.82) is 0 Å². The number of rotatable bonds is 2. The number of hydrogen-bond donors (Lipinski definition) is 0. The summed E-state index contributed by atoms with van der Waals surface area (Å²) >= 11 is 1.46. The minimum Gasteiger partial charge on any atom is -0.444 e. The molecule has 9 heteroatoms. The van der Waals surface area contributed by atoms with Gasteiger partial charge < -0.3 is 14.5 Å². The molecule has 2 unspecified atom stereocenters. The predicted octanol–water partition coefficient (Wildman–Crippen LogP) is 2.97. The zero-order valence-corrected chi connectivity index (χ0v) is 17.9. The van der Waals surface area contributed by atoms with E-state index in [-0.39, 0.29) is 17.7 Å². The number of nitrogens with zero attached hydrogens (tertiary/aromatic N) is 5. The molecule has 1 saturated heterocycles. The van der Waals surface area contributed by atoms with E-state index in [9.17, 15) is 9.59 Å². The molecule has 2 aliphatic heterocycles. The summed E-state index contributed by atoms with van der Waals surface area (Å²) in [6.07, 6.45) is 5.18. The lowest BCUT2D eigenvalue weighted by Crippen LogP contribution is -2.56. The molecule has 3 heterocycles. The second-order valence-electron chi connectivity index (χ2n) is 8.81. The van der Waals surface area contributed by atoms with Crippen LogP contribution in [-0.4, -0.2) is 69.4 Å². The third-order valence-electron chi connectivity index (χ3n) is 5.81. The molecular formula is C19H27N5O3S. The number of likely N-dealkylation sites (tertiary alicyclic amines) is 1. The van der Waals surface area contributed by atoms with Crippen LogP contribution in [0, 0.1) is 5.92 Å². The second-order valence-corrected chi connectivity index (χ2v) is 9.59. The van der Waals surface area contributed by atoms with Crippen LogP contribution < -0.4 is 4.90 Å². The molecule has 2 atom stereocenters. The van der Waals surface area contributed by atoms with Crippen molar-refractivity contribution in [1.82, 2.24) is 19.8 Å². The number of urea groups is 1. The predicted molar refractivity (Wildman–Crippen MR) is 106 cm³/mol. The number of fused-ring (bicyclic) bond motifs is 2. The van der Waals surface area contributed by atoms with Crippen molar-refractivity contribution in [2.75, 3.05) is 31.3 Å². The van der Waals surface area contributed by atoms with E-state index in [1.54, 1.807) is 16.8 Å². The first-order chi connectivity index (χ1) is 13.1. The highest BCUT2D eigenvalue weighted by Gasteiger charge is 2.63. The van der Waals surface area contributed by atoms with Crippen molar-refractivity contribution in [3.8, 4) is 0 Å². The summed E-state index contributed by atoms with van der Waals surface area (Å²) in [4.78, 5) is 39.8. The van der Waals surface area contributed by atoms with E-state index in [2.05, 4.69) is 9.97 Å². The highest BCUT2D eigenvalue weighted by atomic mass is 32.2. The first-order valence-corrected chi connectivity index (χ1v) is 10.8. The number of piperidine rings is 1. The summed E-state index contributed by atoms with van der Waals surface area (Å²) in [6.45, 7) is 7.39. The van der Waals surface area contributed by atoms with Crippen molar-refractivity contribution >= 4 is 29.7 Å². The Kier molecular flexibility index (Phi) is 4.48. The number of thioether (sulfide) groups is 1. The second kappa shape index (κ2) is 6.50. The highest BCUT2D eigenvalue weighted by Crippen LogP contribution is 2.55. The van der Waals surface area contributed by atoms with Crippen LogP contribution in [0.5, 0.6) is 0 Å². The van der Waals surface area contributed by atoms with E-state index in [0.717, 1.165) is 18.4 Å². The lowest BCUT2D eigenvalue weighted by molar-refractivity contribution is 0.0152. The molecular weight excluding hydrogens is 378 g/mol. The average molecular weight is 406 g/mol. The molecule has 0 N–H and O–H groups in total.